The summed E-state index contributed by atoms with van der Waals surface area (Å²) in [4.78, 5) is 6.96. The second kappa shape index (κ2) is 7.37. The minimum Gasteiger partial charge on any atom is -0.339 e. The topological polar surface area (TPSA) is 70.8 Å². The molecule has 6 nitrogen and oxygen atoms in total. The van der Waals surface area contributed by atoms with Gasteiger partial charge in [0.05, 0.1) is 0 Å². The molecule has 0 radical (unpaired) electrons. The van der Waals surface area contributed by atoms with Crippen LogP contribution in [0.3, 0.4) is 0 Å². The lowest BCUT2D eigenvalue weighted by molar-refractivity contribution is 0.202. The Labute approximate surface area is 151 Å². The van der Waals surface area contributed by atoms with E-state index in [1.165, 1.54) is 18.5 Å². The highest BCUT2D eigenvalue weighted by atomic mass is 35.5. The summed E-state index contributed by atoms with van der Waals surface area (Å²) >= 11 is 5.91. The quantitative estimate of drug-likeness (QED) is 0.756. The number of nitrogens with one attached hydrogen (secondary N) is 1. The summed E-state index contributed by atoms with van der Waals surface area (Å²) in [6.07, 6.45) is 4.99. The van der Waals surface area contributed by atoms with Gasteiger partial charge in [-0.1, -0.05) is 16.8 Å². The van der Waals surface area contributed by atoms with Gasteiger partial charge in [-0.2, -0.15) is 10.1 Å². The molecule has 3 aromatic rings. The van der Waals surface area contributed by atoms with Gasteiger partial charge in [0.1, 0.15) is 0 Å². The van der Waals surface area contributed by atoms with Crippen molar-refractivity contribution in [3.05, 3.63) is 53.1 Å². The number of aromatic amines is 1. The first-order valence-electron chi connectivity index (χ1n) is 8.58. The molecule has 3 heterocycles. The molecule has 0 saturated carbocycles. The number of halogens is 1. The van der Waals surface area contributed by atoms with Crippen LogP contribution in [0.25, 0.3) is 11.4 Å². The summed E-state index contributed by atoms with van der Waals surface area (Å²) in [6, 6.07) is 9.53. The zero-order valence-electron chi connectivity index (χ0n) is 13.9. The molecule has 1 atom stereocenters. The Morgan fingerprint density at radius 1 is 1.24 bits per heavy atom. The van der Waals surface area contributed by atoms with Crippen LogP contribution < -0.4 is 0 Å². The highest BCUT2D eigenvalue weighted by Gasteiger charge is 2.22. The fourth-order valence-electron chi connectivity index (χ4n) is 3.33. The van der Waals surface area contributed by atoms with Gasteiger partial charge in [0.2, 0.25) is 11.7 Å². The molecule has 1 fully saturated rings. The van der Waals surface area contributed by atoms with E-state index in [1.54, 1.807) is 0 Å². The lowest BCUT2D eigenvalue weighted by Gasteiger charge is -2.31. The van der Waals surface area contributed by atoms with Crippen LogP contribution in [0, 0.1) is 0 Å². The lowest BCUT2D eigenvalue weighted by Crippen LogP contribution is -2.36. The highest BCUT2D eigenvalue weighted by molar-refractivity contribution is 6.30. The molecular weight excluding hydrogens is 338 g/mol. The molecule has 1 saturated heterocycles. The first-order chi connectivity index (χ1) is 12.3. The third-order valence-corrected chi connectivity index (χ3v) is 4.93. The van der Waals surface area contributed by atoms with Gasteiger partial charge in [-0.15, -0.1) is 0 Å². The van der Waals surface area contributed by atoms with E-state index in [9.17, 15) is 0 Å². The van der Waals surface area contributed by atoms with Crippen LogP contribution in [-0.4, -0.2) is 44.9 Å². The van der Waals surface area contributed by atoms with E-state index in [0.717, 1.165) is 31.6 Å². The van der Waals surface area contributed by atoms with Gasteiger partial charge >= 0.3 is 0 Å². The number of hydrogen-bond acceptors (Lipinski definition) is 5. The molecule has 1 aliphatic rings. The summed E-state index contributed by atoms with van der Waals surface area (Å²) in [5, 5.41) is 11.9. The van der Waals surface area contributed by atoms with E-state index >= 15 is 0 Å². The largest absolute Gasteiger partial charge is 0.339 e. The first-order valence-corrected chi connectivity index (χ1v) is 8.96. The van der Waals surface area contributed by atoms with Crippen LogP contribution in [0.5, 0.6) is 0 Å². The van der Waals surface area contributed by atoms with Gasteiger partial charge in [0.25, 0.3) is 0 Å². The number of piperidine rings is 1. The third-order valence-electron chi connectivity index (χ3n) is 4.68. The van der Waals surface area contributed by atoms with E-state index in [0.29, 0.717) is 22.7 Å². The molecular formula is C18H20ClN5O. The molecule has 7 heteroatoms. The van der Waals surface area contributed by atoms with E-state index in [-0.39, 0.29) is 0 Å². The van der Waals surface area contributed by atoms with Crippen molar-refractivity contribution in [2.24, 2.45) is 0 Å². The zero-order valence-corrected chi connectivity index (χ0v) is 14.6. The average molecular weight is 358 g/mol. The Balaban J connectivity index is 1.34. The highest BCUT2D eigenvalue weighted by Crippen LogP contribution is 2.25. The maximum atomic E-state index is 5.91. The maximum absolute atomic E-state index is 5.91. The van der Waals surface area contributed by atoms with Crippen LogP contribution >= 0.6 is 11.6 Å². The van der Waals surface area contributed by atoms with Gasteiger partial charge < -0.3 is 9.42 Å². The average Bonchev–Trinajstić information content (AvgIpc) is 3.33. The molecule has 0 spiro atoms. The molecule has 1 unspecified atom stereocenters. The van der Waals surface area contributed by atoms with Crippen LogP contribution in [0.15, 0.2) is 41.1 Å². The summed E-state index contributed by atoms with van der Waals surface area (Å²) in [5.74, 6) is 1.82. The van der Waals surface area contributed by atoms with Crippen molar-refractivity contribution in [1.82, 2.24) is 25.2 Å². The van der Waals surface area contributed by atoms with Crippen molar-refractivity contribution < 1.29 is 4.52 Å². The molecule has 2 aromatic heterocycles. The summed E-state index contributed by atoms with van der Waals surface area (Å²) in [6.45, 7) is 3.08. The number of aromatic nitrogens is 4. The molecule has 0 bridgehead atoms. The van der Waals surface area contributed by atoms with Crippen LogP contribution in [0.4, 0.5) is 0 Å². The minimum absolute atomic E-state index is 0.531. The van der Waals surface area contributed by atoms with Crippen molar-refractivity contribution in [2.45, 2.75) is 25.2 Å². The number of H-pyrrole nitrogens is 1. The Kier molecular flexibility index (Phi) is 4.81. The van der Waals surface area contributed by atoms with Crippen LogP contribution in [0.1, 0.15) is 30.3 Å². The Morgan fingerprint density at radius 3 is 2.92 bits per heavy atom. The van der Waals surface area contributed by atoms with Crippen LogP contribution in [0.2, 0.25) is 5.02 Å². The van der Waals surface area contributed by atoms with Gasteiger partial charge in [0.15, 0.2) is 0 Å². The first kappa shape index (κ1) is 16.3. The van der Waals surface area contributed by atoms with E-state index < -0.39 is 0 Å². The molecule has 1 N–H and O–H groups in total. The summed E-state index contributed by atoms with van der Waals surface area (Å²) < 4.78 is 5.40. The number of benzene rings is 1. The molecule has 1 aliphatic heterocycles. The van der Waals surface area contributed by atoms with Gasteiger partial charge in [0, 0.05) is 47.9 Å². The number of likely N-dealkylation sites (tertiary alicyclic amines) is 1. The van der Waals surface area contributed by atoms with E-state index in [4.69, 9.17) is 16.1 Å². The Bertz CT molecular complexity index is 799. The van der Waals surface area contributed by atoms with Gasteiger partial charge in [-0.05, 0) is 49.7 Å². The number of nitrogens with zero attached hydrogens (tertiary/aromatic N) is 4. The number of rotatable bonds is 5. The van der Waals surface area contributed by atoms with Crippen molar-refractivity contribution in [2.75, 3.05) is 19.6 Å². The Hall–Kier alpha value is -2.18. The van der Waals surface area contributed by atoms with Gasteiger partial charge in [-0.25, -0.2) is 0 Å². The maximum Gasteiger partial charge on any atom is 0.228 e. The molecule has 0 aliphatic carbocycles. The van der Waals surface area contributed by atoms with Crippen molar-refractivity contribution in [3.8, 4) is 11.4 Å². The van der Waals surface area contributed by atoms with Crippen molar-refractivity contribution >= 4 is 11.6 Å². The lowest BCUT2D eigenvalue weighted by atomic mass is 9.95. The molecule has 0 amide bonds. The van der Waals surface area contributed by atoms with Gasteiger partial charge in [-0.3, -0.25) is 5.10 Å². The number of hydrogen-bond donors (Lipinski definition) is 1. The SMILES string of the molecule is Clc1ccc(-c2noc(CCN3CCCC(c4ccn[nH]4)C3)n2)cc1. The molecule has 130 valence electrons. The fraction of sp³-hybridized carbons (Fsp3) is 0.389. The van der Waals surface area contributed by atoms with E-state index in [2.05, 4.69) is 31.3 Å². The summed E-state index contributed by atoms with van der Waals surface area (Å²) in [7, 11) is 0. The molecule has 1 aromatic carbocycles. The van der Waals surface area contributed by atoms with Crippen LogP contribution in [-0.2, 0) is 6.42 Å². The van der Waals surface area contributed by atoms with Crippen molar-refractivity contribution in [3.63, 3.8) is 0 Å². The predicted molar refractivity (Wildman–Crippen MR) is 95.5 cm³/mol. The monoisotopic (exact) mass is 357 g/mol. The smallest absolute Gasteiger partial charge is 0.228 e. The van der Waals surface area contributed by atoms with E-state index in [1.807, 2.05) is 30.5 Å². The normalized spacial score (nSPS) is 18.5. The second-order valence-electron chi connectivity index (χ2n) is 6.42. The summed E-state index contributed by atoms with van der Waals surface area (Å²) in [5.41, 5.74) is 2.14. The second-order valence-corrected chi connectivity index (χ2v) is 6.86. The minimum atomic E-state index is 0.531. The third kappa shape index (κ3) is 3.91. The Morgan fingerprint density at radius 2 is 2.12 bits per heavy atom. The predicted octanol–water partition coefficient (Wildman–Crippen LogP) is 3.54. The van der Waals surface area contributed by atoms with Crippen molar-refractivity contribution in [1.29, 1.82) is 0 Å². The molecule has 4 rings (SSSR count). The standard InChI is InChI=1S/C18H20ClN5O/c19-15-5-3-13(4-6-15)18-21-17(25-23-18)8-11-24-10-1-2-14(12-24)16-7-9-20-22-16/h3-7,9,14H,1-2,8,10-12H2,(H,20,22). The molecule has 25 heavy (non-hydrogen) atoms. The zero-order chi connectivity index (χ0) is 17.1. The fourth-order valence-corrected chi connectivity index (χ4v) is 3.46.